The van der Waals surface area contributed by atoms with E-state index in [-0.39, 0.29) is 5.82 Å². The maximum atomic E-state index is 13.7. The Labute approximate surface area is 129 Å². The monoisotopic (exact) mass is 392 g/mol. The summed E-state index contributed by atoms with van der Waals surface area (Å²) in [6.45, 7) is 2.41. The number of nitrogens with one attached hydrogen (secondary N) is 1. The summed E-state index contributed by atoms with van der Waals surface area (Å²) in [7, 11) is 0. The van der Waals surface area contributed by atoms with Gasteiger partial charge in [-0.1, -0.05) is 0 Å². The second kappa shape index (κ2) is 5.49. The molecular weight excluding hydrogens is 378 g/mol. The molecule has 1 saturated heterocycles. The van der Waals surface area contributed by atoms with Crippen molar-refractivity contribution < 1.29 is 9.13 Å². The summed E-state index contributed by atoms with van der Waals surface area (Å²) in [5, 5.41) is 0. The van der Waals surface area contributed by atoms with Crippen LogP contribution in [0, 0.1) is 20.1 Å². The maximum Gasteiger partial charge on any atom is 0.178 e. The molecule has 0 aliphatic carbocycles. The van der Waals surface area contributed by atoms with E-state index in [0.717, 1.165) is 43.6 Å². The van der Waals surface area contributed by atoms with Gasteiger partial charge >= 0.3 is 0 Å². The van der Waals surface area contributed by atoms with E-state index in [2.05, 4.69) is 4.98 Å². The first-order chi connectivity index (χ1) is 9.15. The number of hydrogen-bond acceptors (Lipinski definition) is 2. The van der Waals surface area contributed by atoms with Crippen molar-refractivity contribution in [2.45, 2.75) is 19.4 Å². The minimum atomic E-state index is -0.198. The highest BCUT2D eigenvalue weighted by molar-refractivity contribution is 14.1. The van der Waals surface area contributed by atoms with E-state index in [0.29, 0.717) is 14.3 Å². The van der Waals surface area contributed by atoms with Crippen molar-refractivity contribution in [3.8, 4) is 0 Å². The highest BCUT2D eigenvalue weighted by Gasteiger charge is 2.17. The molecule has 1 fully saturated rings. The van der Waals surface area contributed by atoms with Gasteiger partial charge in [-0.15, -0.1) is 0 Å². The van der Waals surface area contributed by atoms with E-state index in [9.17, 15) is 4.39 Å². The van der Waals surface area contributed by atoms with Crippen LogP contribution in [0.15, 0.2) is 12.1 Å². The molecule has 0 saturated carbocycles. The second-order valence-electron chi connectivity index (χ2n) is 4.91. The van der Waals surface area contributed by atoms with Crippen molar-refractivity contribution in [3.05, 3.63) is 26.3 Å². The molecule has 0 bridgehead atoms. The summed E-state index contributed by atoms with van der Waals surface area (Å²) in [6.07, 6.45) is 2.23. The Morgan fingerprint density at radius 1 is 1.53 bits per heavy atom. The number of rotatable bonds is 2. The average molecular weight is 392 g/mol. The van der Waals surface area contributed by atoms with Gasteiger partial charge in [-0.2, -0.15) is 0 Å². The normalized spacial score (nSPS) is 20.0. The van der Waals surface area contributed by atoms with Gasteiger partial charge in [-0.3, -0.25) is 0 Å². The summed E-state index contributed by atoms with van der Waals surface area (Å²) in [5.74, 6) is 0.262. The Balaban J connectivity index is 2.00. The van der Waals surface area contributed by atoms with Crippen LogP contribution in [0.5, 0.6) is 0 Å². The quantitative estimate of drug-likeness (QED) is 0.621. The van der Waals surface area contributed by atoms with Crippen molar-refractivity contribution in [1.82, 2.24) is 9.55 Å². The summed E-state index contributed by atoms with van der Waals surface area (Å²) < 4.78 is 22.5. The van der Waals surface area contributed by atoms with Crippen LogP contribution >= 0.6 is 34.8 Å². The van der Waals surface area contributed by atoms with Crippen LogP contribution in [0.25, 0.3) is 11.0 Å². The Hall–Kier alpha value is -0.470. The molecule has 1 aromatic carbocycles. The van der Waals surface area contributed by atoms with Gasteiger partial charge in [-0.25, -0.2) is 4.39 Å². The largest absolute Gasteiger partial charge is 0.381 e. The van der Waals surface area contributed by atoms with Crippen LogP contribution in [0.4, 0.5) is 4.39 Å². The summed E-state index contributed by atoms with van der Waals surface area (Å²) in [6, 6.07) is 3.36. The number of halogens is 2. The molecule has 102 valence electrons. The van der Waals surface area contributed by atoms with Gasteiger partial charge in [0.2, 0.25) is 0 Å². The smallest absolute Gasteiger partial charge is 0.178 e. The predicted octanol–water partition coefficient (Wildman–Crippen LogP) is 3.87. The van der Waals surface area contributed by atoms with E-state index in [1.807, 2.05) is 27.2 Å². The highest BCUT2D eigenvalue weighted by atomic mass is 127. The van der Waals surface area contributed by atoms with Gasteiger partial charge in [0.1, 0.15) is 5.82 Å². The molecule has 2 heterocycles. The topological polar surface area (TPSA) is 29.9 Å². The number of aromatic amines is 1. The number of hydrogen-bond donors (Lipinski definition) is 1. The molecule has 0 radical (unpaired) electrons. The zero-order valence-electron chi connectivity index (χ0n) is 10.3. The molecule has 0 amide bonds. The molecule has 1 aromatic heterocycles. The third kappa shape index (κ3) is 2.71. The third-order valence-electron chi connectivity index (χ3n) is 3.51. The number of nitrogens with zero attached hydrogens (tertiary/aromatic N) is 1. The highest BCUT2D eigenvalue weighted by Crippen LogP contribution is 2.23. The first kappa shape index (κ1) is 13.5. The van der Waals surface area contributed by atoms with Crippen LogP contribution in [0.3, 0.4) is 0 Å². The van der Waals surface area contributed by atoms with Crippen LogP contribution in [0.1, 0.15) is 12.8 Å². The van der Waals surface area contributed by atoms with Gasteiger partial charge in [0.05, 0.1) is 21.2 Å². The van der Waals surface area contributed by atoms with Crippen molar-refractivity contribution in [1.29, 1.82) is 0 Å². The molecule has 3 nitrogen and oxygen atoms in total. The molecule has 1 aliphatic rings. The van der Waals surface area contributed by atoms with Crippen LogP contribution in [-0.4, -0.2) is 22.8 Å². The predicted molar refractivity (Wildman–Crippen MR) is 83.3 cm³/mol. The maximum absolute atomic E-state index is 13.7. The van der Waals surface area contributed by atoms with Gasteiger partial charge in [0, 0.05) is 25.1 Å². The van der Waals surface area contributed by atoms with Crippen molar-refractivity contribution in [2.24, 2.45) is 5.92 Å². The van der Waals surface area contributed by atoms with Gasteiger partial charge in [0.15, 0.2) is 4.77 Å². The molecule has 19 heavy (non-hydrogen) atoms. The molecule has 1 atom stereocenters. The first-order valence-corrected chi connectivity index (χ1v) is 7.79. The van der Waals surface area contributed by atoms with Crippen LogP contribution in [-0.2, 0) is 11.3 Å². The summed E-state index contributed by atoms with van der Waals surface area (Å²) >= 11 is 7.34. The molecule has 0 spiro atoms. The van der Waals surface area contributed by atoms with Crippen LogP contribution in [0.2, 0.25) is 0 Å². The fraction of sp³-hybridized carbons (Fsp3) is 0.462. The zero-order valence-corrected chi connectivity index (χ0v) is 13.3. The minimum Gasteiger partial charge on any atom is -0.381 e. The van der Waals surface area contributed by atoms with E-state index in [1.165, 1.54) is 0 Å². The lowest BCUT2D eigenvalue weighted by molar-refractivity contribution is 0.0486. The molecule has 2 aromatic rings. The number of benzene rings is 1. The minimum absolute atomic E-state index is 0.198. The number of imidazole rings is 1. The SMILES string of the molecule is Fc1cc2c(cc1I)[nH]c(=S)n2CC1CCCOC1. The molecular formula is C13H14FIN2OS. The fourth-order valence-corrected chi connectivity index (χ4v) is 3.29. The van der Waals surface area contributed by atoms with Gasteiger partial charge in [-0.05, 0) is 53.7 Å². The number of H-pyrrole nitrogens is 1. The van der Waals surface area contributed by atoms with E-state index >= 15 is 0 Å². The van der Waals surface area contributed by atoms with E-state index < -0.39 is 0 Å². The number of ether oxygens (including phenoxy) is 1. The van der Waals surface area contributed by atoms with Crippen LogP contribution < -0.4 is 0 Å². The van der Waals surface area contributed by atoms with E-state index in [1.54, 1.807) is 12.1 Å². The zero-order chi connectivity index (χ0) is 13.4. The van der Waals surface area contributed by atoms with E-state index in [4.69, 9.17) is 17.0 Å². The standard InChI is InChI=1S/C13H14FIN2OS/c14-9-4-12-11(5-10(9)15)16-13(19)17(12)6-8-2-1-3-18-7-8/h4-5,8H,1-3,6-7H2,(H,16,19). The lowest BCUT2D eigenvalue weighted by Gasteiger charge is -2.22. The Morgan fingerprint density at radius 2 is 2.37 bits per heavy atom. The van der Waals surface area contributed by atoms with Gasteiger partial charge < -0.3 is 14.3 Å². The number of aromatic nitrogens is 2. The molecule has 1 unspecified atom stereocenters. The Bertz CT molecular complexity index is 660. The Morgan fingerprint density at radius 3 is 3.11 bits per heavy atom. The molecule has 3 rings (SSSR count). The Kier molecular flexibility index (Phi) is 3.91. The molecule has 1 N–H and O–H groups in total. The van der Waals surface area contributed by atoms with Crippen molar-refractivity contribution in [3.63, 3.8) is 0 Å². The second-order valence-corrected chi connectivity index (χ2v) is 6.46. The lowest BCUT2D eigenvalue weighted by atomic mass is 10.0. The summed E-state index contributed by atoms with van der Waals surface area (Å²) in [4.78, 5) is 3.15. The van der Waals surface area contributed by atoms with Crippen molar-refractivity contribution >= 4 is 45.8 Å². The van der Waals surface area contributed by atoms with Crippen molar-refractivity contribution in [2.75, 3.05) is 13.2 Å². The first-order valence-electron chi connectivity index (χ1n) is 6.30. The number of fused-ring (bicyclic) bond motifs is 1. The summed E-state index contributed by atoms with van der Waals surface area (Å²) in [5.41, 5.74) is 1.74. The molecule has 1 aliphatic heterocycles. The fourth-order valence-electron chi connectivity index (χ4n) is 2.54. The lowest BCUT2D eigenvalue weighted by Crippen LogP contribution is -2.22. The average Bonchev–Trinajstić information content (AvgIpc) is 2.68. The molecule has 6 heteroatoms. The third-order valence-corrected chi connectivity index (χ3v) is 4.66. The van der Waals surface area contributed by atoms with Gasteiger partial charge in [0.25, 0.3) is 0 Å².